The van der Waals surface area contributed by atoms with Crippen LogP contribution in [0, 0.1) is 0 Å². The average molecular weight is 290 g/mol. The highest BCUT2D eigenvalue weighted by Gasteiger charge is 2.26. The van der Waals surface area contributed by atoms with E-state index >= 15 is 0 Å². The maximum atomic E-state index is 12.3. The van der Waals surface area contributed by atoms with E-state index in [0.29, 0.717) is 6.42 Å². The maximum Gasteiger partial charge on any atom is 0.239 e. The van der Waals surface area contributed by atoms with Crippen LogP contribution in [0.3, 0.4) is 0 Å². The Hall–Kier alpha value is -1.65. The number of carbonyl (C=O) groups excluding carboxylic acids is 1. The molecule has 0 bridgehead atoms. The van der Waals surface area contributed by atoms with E-state index in [1.807, 2.05) is 43.3 Å². The molecular formula is C17H26N2O2. The summed E-state index contributed by atoms with van der Waals surface area (Å²) in [5, 5.41) is 10.4. The largest absolute Gasteiger partial charge is 0.386 e. The van der Waals surface area contributed by atoms with Gasteiger partial charge in [0.2, 0.25) is 5.91 Å². The molecule has 0 aliphatic heterocycles. The van der Waals surface area contributed by atoms with Gasteiger partial charge in [-0.25, -0.2) is 0 Å². The molecule has 0 saturated carbocycles. The Balaban J connectivity index is 2.62. The molecule has 1 aromatic rings. The van der Waals surface area contributed by atoms with Gasteiger partial charge in [0.25, 0.3) is 0 Å². The predicted octanol–water partition coefficient (Wildman–Crippen LogP) is 2.25. The number of rotatable bonds is 8. The highest BCUT2D eigenvalue weighted by atomic mass is 16.3. The zero-order valence-corrected chi connectivity index (χ0v) is 12.9. The van der Waals surface area contributed by atoms with E-state index in [2.05, 4.69) is 6.58 Å². The molecule has 0 spiro atoms. The number of aliphatic hydroxyl groups excluding tert-OH is 1. The number of carbonyl (C=O) groups is 1. The van der Waals surface area contributed by atoms with E-state index in [1.165, 1.54) is 4.90 Å². The van der Waals surface area contributed by atoms with E-state index in [4.69, 9.17) is 5.73 Å². The van der Waals surface area contributed by atoms with Crippen molar-refractivity contribution in [1.82, 2.24) is 4.90 Å². The van der Waals surface area contributed by atoms with Crippen LogP contribution in [-0.4, -0.2) is 35.0 Å². The summed E-state index contributed by atoms with van der Waals surface area (Å²) < 4.78 is 0. The Kier molecular flexibility index (Phi) is 7.12. The number of benzene rings is 1. The third kappa shape index (κ3) is 4.99. The van der Waals surface area contributed by atoms with E-state index < -0.39 is 12.1 Å². The molecule has 0 saturated heterocycles. The zero-order valence-electron chi connectivity index (χ0n) is 12.9. The standard InChI is InChI=1S/C17H26N2O2/c1-4-5-7-12-15(18)17(21)19(3)13(2)16(20)14-10-8-6-9-11-14/h4,6,8-11,13,15-16,20H,1,5,7,12,18H2,2-3H3/t13-,15+,16+/m1/s1. The van der Waals surface area contributed by atoms with Crippen LogP contribution in [0.2, 0.25) is 0 Å². The van der Waals surface area contributed by atoms with E-state index in [-0.39, 0.29) is 11.9 Å². The van der Waals surface area contributed by atoms with Crippen LogP contribution >= 0.6 is 0 Å². The van der Waals surface area contributed by atoms with Crippen molar-refractivity contribution in [2.75, 3.05) is 7.05 Å². The molecule has 1 amide bonds. The summed E-state index contributed by atoms with van der Waals surface area (Å²) in [5.41, 5.74) is 6.72. The zero-order chi connectivity index (χ0) is 15.8. The first kappa shape index (κ1) is 17.4. The number of likely N-dealkylation sites (N-methyl/N-ethyl adjacent to an activating group) is 1. The van der Waals surface area contributed by atoms with Crippen LogP contribution in [0.1, 0.15) is 37.9 Å². The van der Waals surface area contributed by atoms with Gasteiger partial charge in [0, 0.05) is 7.05 Å². The topological polar surface area (TPSA) is 66.6 Å². The first-order valence-electron chi connectivity index (χ1n) is 7.35. The quantitative estimate of drug-likeness (QED) is 0.570. The number of hydrogen-bond donors (Lipinski definition) is 2. The number of unbranched alkanes of at least 4 members (excludes halogenated alkanes) is 1. The highest BCUT2D eigenvalue weighted by Crippen LogP contribution is 2.20. The monoisotopic (exact) mass is 290 g/mol. The van der Waals surface area contributed by atoms with Crippen molar-refractivity contribution in [2.45, 2.75) is 44.4 Å². The second-order valence-electron chi connectivity index (χ2n) is 5.37. The lowest BCUT2D eigenvalue weighted by atomic mass is 10.0. The number of allylic oxidation sites excluding steroid dienone is 1. The Bertz CT molecular complexity index is 447. The summed E-state index contributed by atoms with van der Waals surface area (Å²) in [6.45, 7) is 5.48. The smallest absolute Gasteiger partial charge is 0.239 e. The van der Waals surface area contributed by atoms with Crippen molar-refractivity contribution in [3.63, 3.8) is 0 Å². The molecule has 116 valence electrons. The summed E-state index contributed by atoms with van der Waals surface area (Å²) in [6.07, 6.45) is 3.43. The first-order valence-corrected chi connectivity index (χ1v) is 7.35. The van der Waals surface area contributed by atoms with Gasteiger partial charge in [-0.15, -0.1) is 6.58 Å². The summed E-state index contributed by atoms with van der Waals surface area (Å²) in [5.74, 6) is -0.137. The molecule has 0 aromatic heterocycles. The summed E-state index contributed by atoms with van der Waals surface area (Å²) in [6, 6.07) is 8.48. The van der Waals surface area contributed by atoms with Crippen molar-refractivity contribution in [2.24, 2.45) is 5.73 Å². The summed E-state index contributed by atoms with van der Waals surface area (Å²) >= 11 is 0. The molecule has 21 heavy (non-hydrogen) atoms. The normalized spacial score (nSPS) is 15.0. The molecule has 0 unspecified atom stereocenters. The lowest BCUT2D eigenvalue weighted by Gasteiger charge is -2.31. The van der Waals surface area contributed by atoms with Crippen LogP contribution in [-0.2, 0) is 4.79 Å². The first-order chi connectivity index (χ1) is 9.99. The molecule has 4 heteroatoms. The molecular weight excluding hydrogens is 264 g/mol. The molecule has 3 N–H and O–H groups in total. The van der Waals surface area contributed by atoms with Gasteiger partial charge in [-0.1, -0.05) is 36.4 Å². The number of hydrogen-bond acceptors (Lipinski definition) is 3. The molecule has 0 fully saturated rings. The molecule has 3 atom stereocenters. The fourth-order valence-corrected chi connectivity index (χ4v) is 2.21. The van der Waals surface area contributed by atoms with Gasteiger partial charge in [-0.2, -0.15) is 0 Å². The molecule has 0 radical (unpaired) electrons. The van der Waals surface area contributed by atoms with Crippen LogP contribution < -0.4 is 5.73 Å². The Morgan fingerprint density at radius 1 is 1.43 bits per heavy atom. The van der Waals surface area contributed by atoms with Crippen LogP contribution in [0.4, 0.5) is 0 Å². The Labute approximate surface area is 127 Å². The molecule has 1 aromatic carbocycles. The number of nitrogens with two attached hydrogens (primary N) is 1. The van der Waals surface area contributed by atoms with E-state index in [0.717, 1.165) is 18.4 Å². The molecule has 4 nitrogen and oxygen atoms in total. The summed E-state index contributed by atoms with van der Waals surface area (Å²) in [4.78, 5) is 13.8. The lowest BCUT2D eigenvalue weighted by molar-refractivity contribution is -0.135. The lowest BCUT2D eigenvalue weighted by Crippen LogP contribution is -2.47. The van der Waals surface area contributed by atoms with Crippen molar-refractivity contribution in [1.29, 1.82) is 0 Å². The van der Waals surface area contributed by atoms with Gasteiger partial charge in [-0.3, -0.25) is 4.79 Å². The minimum absolute atomic E-state index is 0.137. The Morgan fingerprint density at radius 2 is 2.05 bits per heavy atom. The number of nitrogens with zero attached hydrogens (tertiary/aromatic N) is 1. The van der Waals surface area contributed by atoms with Gasteiger partial charge in [0.15, 0.2) is 0 Å². The van der Waals surface area contributed by atoms with Crippen LogP contribution in [0.5, 0.6) is 0 Å². The number of amides is 1. The molecule has 0 aliphatic carbocycles. The molecule has 0 heterocycles. The molecule has 0 aliphatic rings. The van der Waals surface area contributed by atoms with E-state index in [9.17, 15) is 9.90 Å². The van der Waals surface area contributed by atoms with E-state index in [1.54, 1.807) is 7.05 Å². The third-order valence-corrected chi connectivity index (χ3v) is 3.80. The fraction of sp³-hybridized carbons (Fsp3) is 0.471. The van der Waals surface area contributed by atoms with Crippen molar-refractivity contribution in [3.8, 4) is 0 Å². The third-order valence-electron chi connectivity index (χ3n) is 3.80. The SMILES string of the molecule is C=CCCC[C@H](N)C(=O)N(C)[C@H](C)[C@H](O)c1ccccc1. The highest BCUT2D eigenvalue weighted by molar-refractivity contribution is 5.81. The van der Waals surface area contributed by atoms with Gasteiger partial charge in [0.05, 0.1) is 18.2 Å². The van der Waals surface area contributed by atoms with Crippen molar-refractivity contribution >= 4 is 5.91 Å². The predicted molar refractivity (Wildman–Crippen MR) is 85.7 cm³/mol. The minimum Gasteiger partial charge on any atom is -0.386 e. The van der Waals surface area contributed by atoms with Gasteiger partial charge in [-0.05, 0) is 31.7 Å². The summed E-state index contributed by atoms with van der Waals surface area (Å²) in [7, 11) is 1.69. The number of aliphatic hydroxyl groups is 1. The molecule has 1 rings (SSSR count). The fourth-order valence-electron chi connectivity index (χ4n) is 2.21. The van der Waals surface area contributed by atoms with Gasteiger partial charge in [0.1, 0.15) is 0 Å². The van der Waals surface area contributed by atoms with Crippen molar-refractivity contribution < 1.29 is 9.90 Å². The minimum atomic E-state index is -0.722. The van der Waals surface area contributed by atoms with Crippen LogP contribution in [0.25, 0.3) is 0 Å². The second-order valence-corrected chi connectivity index (χ2v) is 5.37. The maximum absolute atomic E-state index is 12.3. The van der Waals surface area contributed by atoms with Crippen LogP contribution in [0.15, 0.2) is 43.0 Å². The average Bonchev–Trinajstić information content (AvgIpc) is 2.52. The Morgan fingerprint density at radius 3 is 2.62 bits per heavy atom. The second kappa shape index (κ2) is 8.60. The van der Waals surface area contributed by atoms with Crippen molar-refractivity contribution in [3.05, 3.63) is 48.6 Å². The van der Waals surface area contributed by atoms with Gasteiger partial charge < -0.3 is 15.7 Å². The van der Waals surface area contributed by atoms with Gasteiger partial charge >= 0.3 is 0 Å².